The van der Waals surface area contributed by atoms with Crippen LogP contribution in [0, 0.1) is 23.2 Å². The van der Waals surface area contributed by atoms with Crippen LogP contribution in [0.1, 0.15) is 40.5 Å². The summed E-state index contributed by atoms with van der Waals surface area (Å²) in [4.78, 5) is 0. The van der Waals surface area contributed by atoms with E-state index < -0.39 is 0 Å². The molecule has 80 valence electrons. The lowest BCUT2D eigenvalue weighted by atomic mass is 9.72. The molecule has 0 radical (unpaired) electrons. The van der Waals surface area contributed by atoms with Gasteiger partial charge in [0.1, 0.15) is 0 Å². The monoisotopic (exact) mass is 192 g/mol. The van der Waals surface area contributed by atoms with E-state index in [1.807, 2.05) is 0 Å². The van der Waals surface area contributed by atoms with Crippen LogP contribution in [0.5, 0.6) is 0 Å². The fourth-order valence-electron chi connectivity index (χ4n) is 2.92. The molecule has 0 aliphatic heterocycles. The van der Waals surface area contributed by atoms with E-state index in [2.05, 4.69) is 46.9 Å². The highest BCUT2D eigenvalue weighted by atomic mass is 14.5. The second-order valence-electron chi connectivity index (χ2n) is 5.39. The van der Waals surface area contributed by atoms with Crippen molar-refractivity contribution in [2.45, 2.75) is 40.5 Å². The van der Waals surface area contributed by atoms with E-state index in [0.29, 0.717) is 5.41 Å². The van der Waals surface area contributed by atoms with E-state index in [9.17, 15) is 0 Å². The molecule has 0 aromatic carbocycles. The Labute approximate surface area is 89.1 Å². The third-order valence-electron chi connectivity index (χ3n) is 3.99. The largest absolute Gasteiger partial charge is 0.103 e. The zero-order valence-corrected chi connectivity index (χ0v) is 10.1. The smallest absolute Gasteiger partial charge is 0.0107 e. The number of rotatable bonds is 5. The third kappa shape index (κ3) is 1.94. The molecule has 0 bridgehead atoms. The normalized spacial score (nSPS) is 28.7. The van der Waals surface area contributed by atoms with Gasteiger partial charge in [-0.3, -0.25) is 0 Å². The van der Waals surface area contributed by atoms with Gasteiger partial charge in [0.05, 0.1) is 0 Å². The SMILES string of the molecule is C=CCC(C)(C)C(CC)C1C(=C)C1C. The molecule has 0 amide bonds. The Balaban J connectivity index is 2.71. The zero-order chi connectivity index (χ0) is 10.9. The fraction of sp³-hybridized carbons (Fsp3) is 0.714. The van der Waals surface area contributed by atoms with Crippen molar-refractivity contribution < 1.29 is 0 Å². The first-order chi connectivity index (χ1) is 6.45. The van der Waals surface area contributed by atoms with E-state index in [0.717, 1.165) is 24.2 Å². The number of allylic oxidation sites excluding steroid dienone is 2. The molecule has 0 nitrogen and oxygen atoms in total. The highest BCUT2D eigenvalue weighted by Crippen LogP contribution is 2.56. The lowest BCUT2D eigenvalue weighted by Crippen LogP contribution is -2.25. The quantitative estimate of drug-likeness (QED) is 0.565. The second-order valence-corrected chi connectivity index (χ2v) is 5.39. The summed E-state index contributed by atoms with van der Waals surface area (Å²) in [7, 11) is 0. The van der Waals surface area contributed by atoms with Gasteiger partial charge in [0.2, 0.25) is 0 Å². The van der Waals surface area contributed by atoms with Crippen LogP contribution in [0.4, 0.5) is 0 Å². The molecule has 1 saturated carbocycles. The van der Waals surface area contributed by atoms with Gasteiger partial charge in [0.25, 0.3) is 0 Å². The Bertz CT molecular complexity index is 234. The van der Waals surface area contributed by atoms with Crippen LogP contribution >= 0.6 is 0 Å². The molecular weight excluding hydrogens is 168 g/mol. The first-order valence-electron chi connectivity index (χ1n) is 5.75. The molecular formula is C14H24. The number of hydrogen-bond donors (Lipinski definition) is 0. The van der Waals surface area contributed by atoms with Gasteiger partial charge in [0, 0.05) is 0 Å². The maximum Gasteiger partial charge on any atom is -0.0107 e. The van der Waals surface area contributed by atoms with Gasteiger partial charge in [-0.15, -0.1) is 6.58 Å². The van der Waals surface area contributed by atoms with Crippen LogP contribution < -0.4 is 0 Å². The molecule has 1 aliphatic carbocycles. The van der Waals surface area contributed by atoms with Crippen molar-refractivity contribution in [1.29, 1.82) is 0 Å². The molecule has 0 N–H and O–H groups in total. The molecule has 0 aromatic heterocycles. The van der Waals surface area contributed by atoms with Gasteiger partial charge < -0.3 is 0 Å². The van der Waals surface area contributed by atoms with Gasteiger partial charge in [-0.05, 0) is 29.6 Å². The highest BCUT2D eigenvalue weighted by Gasteiger charge is 2.47. The summed E-state index contributed by atoms with van der Waals surface area (Å²) in [5.74, 6) is 2.31. The minimum absolute atomic E-state index is 0.384. The fourth-order valence-corrected chi connectivity index (χ4v) is 2.92. The molecule has 0 spiro atoms. The van der Waals surface area contributed by atoms with Gasteiger partial charge in [-0.2, -0.15) is 0 Å². The minimum Gasteiger partial charge on any atom is -0.103 e. The van der Waals surface area contributed by atoms with Crippen LogP contribution in [-0.4, -0.2) is 0 Å². The molecule has 14 heavy (non-hydrogen) atoms. The molecule has 0 heterocycles. The third-order valence-corrected chi connectivity index (χ3v) is 3.99. The summed E-state index contributed by atoms with van der Waals surface area (Å²) >= 11 is 0. The molecule has 0 heteroatoms. The Hall–Kier alpha value is -0.520. The molecule has 1 fully saturated rings. The Kier molecular flexibility index (Phi) is 3.24. The van der Waals surface area contributed by atoms with Crippen molar-refractivity contribution >= 4 is 0 Å². The van der Waals surface area contributed by atoms with Crippen LogP contribution in [0.15, 0.2) is 24.8 Å². The predicted molar refractivity (Wildman–Crippen MR) is 64.2 cm³/mol. The van der Waals surface area contributed by atoms with Gasteiger partial charge >= 0.3 is 0 Å². The highest BCUT2D eigenvalue weighted by molar-refractivity contribution is 5.27. The van der Waals surface area contributed by atoms with E-state index in [1.54, 1.807) is 0 Å². The minimum atomic E-state index is 0.384. The molecule has 0 aromatic rings. The summed E-state index contributed by atoms with van der Waals surface area (Å²) in [6, 6.07) is 0. The first kappa shape index (κ1) is 11.6. The maximum atomic E-state index is 4.15. The lowest BCUT2D eigenvalue weighted by Gasteiger charge is -2.33. The summed E-state index contributed by atoms with van der Waals surface area (Å²) in [5, 5.41) is 0. The zero-order valence-electron chi connectivity index (χ0n) is 10.1. The van der Waals surface area contributed by atoms with Crippen molar-refractivity contribution in [3.63, 3.8) is 0 Å². The van der Waals surface area contributed by atoms with E-state index >= 15 is 0 Å². The van der Waals surface area contributed by atoms with Crippen molar-refractivity contribution in [2.75, 3.05) is 0 Å². The van der Waals surface area contributed by atoms with Crippen LogP contribution in [0.3, 0.4) is 0 Å². The van der Waals surface area contributed by atoms with Gasteiger partial charge in [0.15, 0.2) is 0 Å². The van der Waals surface area contributed by atoms with E-state index in [1.165, 1.54) is 12.0 Å². The van der Waals surface area contributed by atoms with E-state index in [-0.39, 0.29) is 0 Å². The summed E-state index contributed by atoms with van der Waals surface area (Å²) in [5.41, 5.74) is 1.85. The van der Waals surface area contributed by atoms with Crippen molar-refractivity contribution in [3.05, 3.63) is 24.8 Å². The maximum absolute atomic E-state index is 4.15. The molecule has 3 unspecified atom stereocenters. The number of hydrogen-bond acceptors (Lipinski definition) is 0. The van der Waals surface area contributed by atoms with Gasteiger partial charge in [-0.25, -0.2) is 0 Å². The van der Waals surface area contributed by atoms with Crippen molar-refractivity contribution in [1.82, 2.24) is 0 Å². The lowest BCUT2D eigenvalue weighted by molar-refractivity contribution is 0.179. The molecule has 1 aliphatic rings. The topological polar surface area (TPSA) is 0 Å². The predicted octanol–water partition coefficient (Wildman–Crippen LogP) is 4.44. The summed E-state index contributed by atoms with van der Waals surface area (Å²) in [6.07, 6.45) is 4.43. The molecule has 3 atom stereocenters. The Morgan fingerprint density at radius 2 is 2.00 bits per heavy atom. The Morgan fingerprint density at radius 1 is 1.50 bits per heavy atom. The second kappa shape index (κ2) is 3.92. The van der Waals surface area contributed by atoms with Crippen LogP contribution in [0.25, 0.3) is 0 Å². The Morgan fingerprint density at radius 3 is 2.29 bits per heavy atom. The first-order valence-corrected chi connectivity index (χ1v) is 5.75. The average Bonchev–Trinajstić information content (AvgIpc) is 2.63. The van der Waals surface area contributed by atoms with Crippen LogP contribution in [0.2, 0.25) is 0 Å². The van der Waals surface area contributed by atoms with E-state index in [4.69, 9.17) is 0 Å². The van der Waals surface area contributed by atoms with Crippen molar-refractivity contribution in [2.24, 2.45) is 23.2 Å². The molecule has 1 rings (SSSR count). The van der Waals surface area contributed by atoms with Crippen LogP contribution in [-0.2, 0) is 0 Å². The average molecular weight is 192 g/mol. The summed E-state index contributed by atoms with van der Waals surface area (Å²) in [6.45, 7) is 17.3. The standard InChI is InChI=1S/C14H24/c1-7-9-14(5,6)12(8-2)13-10(3)11(13)4/h7,11-13H,1,3,8-9H2,2,4-6H3. The van der Waals surface area contributed by atoms with Crippen molar-refractivity contribution in [3.8, 4) is 0 Å². The van der Waals surface area contributed by atoms with Gasteiger partial charge in [-0.1, -0.05) is 52.3 Å². The molecule has 0 saturated heterocycles. The summed E-state index contributed by atoms with van der Waals surface area (Å²) < 4.78 is 0.